The number of allylic oxidation sites excluding steroid dienone is 1. The molecule has 2 heterocycles. The smallest absolute Gasteiger partial charge is 0.302 e. The predicted molar refractivity (Wildman–Crippen MR) is 385 cm³/mol. The Balaban J connectivity index is 2.31. The second kappa shape index (κ2) is 42.5. The molecule has 582 valence electrons. The summed E-state index contributed by atoms with van der Waals surface area (Å²) in [6.07, 6.45) is -2.81. The highest BCUT2D eigenvalue weighted by molar-refractivity contribution is 6.03. The molecule has 104 heavy (non-hydrogen) atoms. The Labute approximate surface area is 609 Å². The summed E-state index contributed by atoms with van der Waals surface area (Å²) in [6.45, 7) is 25.9. The van der Waals surface area contributed by atoms with Crippen molar-refractivity contribution in [1.82, 2.24) is 68.7 Å². The minimum atomic E-state index is -1.87. The van der Waals surface area contributed by atoms with E-state index in [-0.39, 0.29) is 63.5 Å². The minimum Gasteiger partial charge on any atom is -0.460 e. The minimum absolute atomic E-state index is 0.00401. The van der Waals surface area contributed by atoms with E-state index in [2.05, 4.69) is 68.8 Å². The van der Waals surface area contributed by atoms with Crippen molar-refractivity contribution in [2.75, 3.05) is 13.1 Å². The third-order valence-corrected chi connectivity index (χ3v) is 18.3. The summed E-state index contributed by atoms with van der Waals surface area (Å²) in [5.74, 6) is -17.0. The van der Waals surface area contributed by atoms with E-state index in [4.69, 9.17) is 16.2 Å². The first-order chi connectivity index (χ1) is 48.7. The lowest BCUT2D eigenvalue weighted by Gasteiger charge is -2.33. The summed E-state index contributed by atoms with van der Waals surface area (Å²) in [5, 5.41) is 53.7. The molecule has 2 saturated heterocycles. The summed E-state index contributed by atoms with van der Waals surface area (Å²) in [5.41, 5.74) is 11.4. The zero-order valence-corrected chi connectivity index (χ0v) is 63.2. The van der Waals surface area contributed by atoms with Gasteiger partial charge in [-0.25, -0.2) is 0 Å². The number of carbonyl (C=O) groups is 14. The van der Waals surface area contributed by atoms with Gasteiger partial charge in [0.1, 0.15) is 84.3 Å². The van der Waals surface area contributed by atoms with Gasteiger partial charge in [0.2, 0.25) is 70.9 Å². The van der Waals surface area contributed by atoms with Crippen LogP contribution in [-0.4, -0.2) is 208 Å². The van der Waals surface area contributed by atoms with Crippen LogP contribution in [0.4, 0.5) is 0 Å². The van der Waals surface area contributed by atoms with E-state index in [9.17, 15) is 77.3 Å². The van der Waals surface area contributed by atoms with Crippen LogP contribution in [0.5, 0.6) is 0 Å². The lowest BCUT2D eigenvalue weighted by molar-refractivity contribution is -0.151. The quantitative estimate of drug-likeness (QED) is 0.0245. The SMILES string of the molecule is C/C=C1\NC(=O)[C@H](Cc2ccccc2)NC(=O)[C@@H]([C@@H](C)CC)NC(=O)[C@H]([C@@H](C)CC)NC(=O)[C@@H]([C@@H](C)O)NC(=O)[C@@H](CC(C)C)NC(=O)[C@H](CCCN=C(N)N)NC(=O)[C@@H]2CCCN2C(=O)[C@H](C(C)C)NC(=O)[C@H](C(C)C)NC(=O)[C@H]([C@@H](C)O)NC(=O)[C@H]([C@@H](C)OC(C)=O)NC(=O)[C@H](C(C)C)NC1=O. The van der Waals surface area contributed by atoms with Gasteiger partial charge in [-0.1, -0.05) is 132 Å². The zero-order chi connectivity index (χ0) is 78.7. The Morgan fingerprint density at radius 2 is 0.962 bits per heavy atom. The normalized spacial score (nSPS) is 27.0. The van der Waals surface area contributed by atoms with Crippen molar-refractivity contribution in [3.63, 3.8) is 0 Å². The van der Waals surface area contributed by atoms with Gasteiger partial charge in [-0.05, 0) is 101 Å². The summed E-state index contributed by atoms with van der Waals surface area (Å²) in [4.78, 5) is 207. The number of guanidine groups is 1. The Hall–Kier alpha value is -9.27. The molecule has 2 aliphatic heterocycles. The van der Waals surface area contributed by atoms with Crippen LogP contribution in [-0.2, 0) is 78.3 Å². The highest BCUT2D eigenvalue weighted by atomic mass is 16.5. The number of nitrogens with zero attached hydrogens (tertiary/aromatic N) is 2. The maximum Gasteiger partial charge on any atom is 0.302 e. The fourth-order valence-corrected chi connectivity index (χ4v) is 11.8. The average Bonchev–Trinajstić information content (AvgIpc) is 1.53. The van der Waals surface area contributed by atoms with Crippen LogP contribution in [0.1, 0.15) is 168 Å². The zero-order valence-electron chi connectivity index (χ0n) is 63.2. The van der Waals surface area contributed by atoms with Crippen molar-refractivity contribution in [2.24, 2.45) is 52.0 Å². The van der Waals surface area contributed by atoms with Gasteiger partial charge in [-0.3, -0.25) is 72.1 Å². The second-order valence-electron chi connectivity index (χ2n) is 28.5. The molecule has 2 fully saturated rings. The molecule has 0 aliphatic carbocycles. The van der Waals surface area contributed by atoms with Crippen molar-refractivity contribution >= 4 is 88.7 Å². The van der Waals surface area contributed by atoms with E-state index >= 15 is 0 Å². The molecule has 0 radical (unpaired) electrons. The van der Waals surface area contributed by atoms with Crippen molar-refractivity contribution in [3.8, 4) is 0 Å². The summed E-state index contributed by atoms with van der Waals surface area (Å²) < 4.78 is 5.35. The van der Waals surface area contributed by atoms with Crippen LogP contribution >= 0.6 is 0 Å². The third-order valence-electron chi connectivity index (χ3n) is 18.3. The van der Waals surface area contributed by atoms with E-state index in [1.807, 2.05) is 0 Å². The molecule has 0 spiro atoms. The van der Waals surface area contributed by atoms with Crippen molar-refractivity contribution in [1.29, 1.82) is 0 Å². The third kappa shape index (κ3) is 27.1. The molecule has 0 aromatic heterocycles. The maximum absolute atomic E-state index is 14.8. The van der Waals surface area contributed by atoms with Gasteiger partial charge in [-0.2, -0.15) is 0 Å². The molecule has 33 heteroatoms. The number of carbonyl (C=O) groups excluding carboxylic acids is 14. The number of benzene rings is 1. The van der Waals surface area contributed by atoms with Crippen molar-refractivity contribution < 1.29 is 82.1 Å². The molecule has 0 unspecified atom stereocenters. The molecular formula is C71H116N16O17. The van der Waals surface area contributed by atoms with Crippen LogP contribution in [0.15, 0.2) is 47.1 Å². The molecule has 33 nitrogen and oxygen atoms in total. The van der Waals surface area contributed by atoms with Crippen LogP contribution in [0.25, 0.3) is 0 Å². The van der Waals surface area contributed by atoms with Crippen LogP contribution < -0.4 is 75.3 Å². The monoisotopic (exact) mass is 1460 g/mol. The van der Waals surface area contributed by atoms with Gasteiger partial charge in [0.05, 0.1) is 12.2 Å². The fraction of sp³-hybridized carbons (Fsp3) is 0.676. The molecule has 0 saturated carbocycles. The van der Waals surface area contributed by atoms with Gasteiger partial charge in [0, 0.05) is 26.4 Å². The maximum atomic E-state index is 14.8. The number of nitrogens with one attached hydrogen (secondary N) is 12. The molecule has 0 bridgehead atoms. The molecular weight excluding hydrogens is 1350 g/mol. The average molecular weight is 1470 g/mol. The van der Waals surface area contributed by atoms with Crippen LogP contribution in [0.3, 0.4) is 0 Å². The highest BCUT2D eigenvalue weighted by Crippen LogP contribution is 2.23. The van der Waals surface area contributed by atoms with E-state index in [1.165, 1.54) is 31.7 Å². The van der Waals surface area contributed by atoms with Crippen LogP contribution in [0, 0.1) is 35.5 Å². The summed E-state index contributed by atoms with van der Waals surface area (Å²) in [7, 11) is 0. The number of aliphatic hydroxyl groups is 2. The molecule has 18 N–H and O–H groups in total. The Kier molecular flexibility index (Phi) is 36.3. The number of aliphatic imine (C=N–C) groups is 1. The van der Waals surface area contributed by atoms with Gasteiger partial charge < -0.3 is 95.1 Å². The second-order valence-corrected chi connectivity index (χ2v) is 28.5. The van der Waals surface area contributed by atoms with Gasteiger partial charge in [0.25, 0.3) is 5.91 Å². The number of nitrogens with two attached hydrogens (primary N) is 2. The number of hydrogen-bond acceptors (Lipinski definition) is 18. The van der Waals surface area contributed by atoms with Crippen LogP contribution in [0.2, 0.25) is 0 Å². The van der Waals surface area contributed by atoms with Crippen molar-refractivity contribution in [3.05, 3.63) is 47.7 Å². The lowest BCUT2D eigenvalue weighted by Crippen LogP contribution is -2.64. The molecule has 2 aliphatic rings. The molecule has 1 aromatic rings. The topological polar surface area (TPSA) is 501 Å². The number of hydrogen-bond donors (Lipinski definition) is 16. The highest BCUT2D eigenvalue weighted by Gasteiger charge is 2.44. The summed E-state index contributed by atoms with van der Waals surface area (Å²) >= 11 is 0. The Morgan fingerprint density at radius 1 is 0.538 bits per heavy atom. The van der Waals surface area contributed by atoms with Gasteiger partial charge in [-0.15, -0.1) is 0 Å². The lowest BCUT2D eigenvalue weighted by atomic mass is 9.94. The van der Waals surface area contributed by atoms with Crippen molar-refractivity contribution in [2.45, 2.75) is 260 Å². The number of aliphatic hydroxyl groups excluding tert-OH is 2. The van der Waals surface area contributed by atoms with E-state index in [1.54, 1.807) is 113 Å². The number of fused-ring (bicyclic) bond motifs is 1. The molecule has 1 aromatic carbocycles. The molecule has 13 amide bonds. The van der Waals surface area contributed by atoms with Gasteiger partial charge >= 0.3 is 5.97 Å². The first-order valence-electron chi connectivity index (χ1n) is 35.9. The first-order valence-corrected chi connectivity index (χ1v) is 35.9. The number of esters is 1. The number of ether oxygens (including phenoxy) is 1. The Bertz CT molecular complexity index is 3210. The Morgan fingerprint density at radius 3 is 1.44 bits per heavy atom. The summed E-state index contributed by atoms with van der Waals surface area (Å²) in [6, 6.07) is -9.62. The standard InChI is InChI=1S/C71H116N16O17/c1-18-38(12)53-65(98)78-48(33-44-26-22-21-23-27-44)60(93)75-45(20-3)58(91)79-50(35(6)7)64(97)86-57(42(16)104-43(17)90)69(102)85-56(41(15)89)67(100)80-51(36(8)9)63(96)81-52(37(10)11)70(103)87-31-25-29-49(87)62(95)76-46(28-24-30-74-71(72)73)59(92)77-47(32-34(4)5)61(94)84-55(40(14)88)68(101)83-54(39(13)19-2)66(99)82-53/h20-23,26-27,34-42,46-57,88-89H,18-19,24-25,28-33H2,1-17H3,(H,75,93)(H,76,95)(H,77,92)(H,78,98)(H,79,91)(H,80,100)(H,81,96)(H,82,99)(H,83,101)(H,84,94)(H,85,102)(H,86,97)(H4,72,73,74)/b45-20-/t38-,39-,40+,41+,42+,46-,47+,48-,49-,50-,51-,52-,53+,54-,55+,56-,57-/m0/s1. The first kappa shape index (κ1) is 88.9. The predicted octanol–water partition coefficient (Wildman–Crippen LogP) is -1.54. The molecule has 3 rings (SSSR count). The fourth-order valence-electron chi connectivity index (χ4n) is 11.8. The molecule has 17 atom stereocenters. The van der Waals surface area contributed by atoms with Gasteiger partial charge in [0.15, 0.2) is 5.96 Å². The number of amides is 13. The van der Waals surface area contributed by atoms with E-state index in [0.717, 1.165) is 13.8 Å². The van der Waals surface area contributed by atoms with E-state index < -0.39 is 209 Å². The number of rotatable bonds is 19. The van der Waals surface area contributed by atoms with E-state index in [0.29, 0.717) is 18.4 Å². The largest absolute Gasteiger partial charge is 0.460 e.